The highest BCUT2D eigenvalue weighted by Gasteiger charge is 2.27. The molecule has 0 saturated carbocycles. The van der Waals surface area contributed by atoms with Gasteiger partial charge in [0.05, 0.1) is 6.10 Å². The van der Waals surface area contributed by atoms with Gasteiger partial charge in [0.25, 0.3) is 0 Å². The summed E-state index contributed by atoms with van der Waals surface area (Å²) in [7, 11) is 0. The van der Waals surface area contributed by atoms with Crippen molar-refractivity contribution < 1.29 is 9.90 Å². The van der Waals surface area contributed by atoms with Crippen LogP contribution >= 0.6 is 0 Å². The molecule has 0 aromatic heterocycles. The summed E-state index contributed by atoms with van der Waals surface area (Å²) >= 11 is 0. The van der Waals surface area contributed by atoms with Crippen molar-refractivity contribution in [3.05, 3.63) is 0 Å². The van der Waals surface area contributed by atoms with Gasteiger partial charge in [-0.2, -0.15) is 0 Å². The Hall–Kier alpha value is -0.570. The van der Waals surface area contributed by atoms with Gasteiger partial charge in [-0.05, 0) is 6.42 Å². The highest BCUT2D eigenvalue weighted by molar-refractivity contribution is 5.78. The van der Waals surface area contributed by atoms with E-state index in [4.69, 9.17) is 0 Å². The Morgan fingerprint density at radius 3 is 3.00 bits per heavy atom. The highest BCUT2D eigenvalue weighted by Crippen LogP contribution is 2.17. The molecule has 0 aliphatic carbocycles. The van der Waals surface area contributed by atoms with E-state index in [9.17, 15) is 9.90 Å². The van der Waals surface area contributed by atoms with Gasteiger partial charge >= 0.3 is 0 Å². The number of amides is 1. The molecule has 1 fully saturated rings. The van der Waals surface area contributed by atoms with Crippen LogP contribution in [-0.4, -0.2) is 23.7 Å². The van der Waals surface area contributed by atoms with E-state index in [-0.39, 0.29) is 17.9 Å². The number of hydrogen-bond acceptors (Lipinski definition) is 2. The van der Waals surface area contributed by atoms with Crippen molar-refractivity contribution in [3.8, 4) is 0 Å². The van der Waals surface area contributed by atoms with Crippen LogP contribution in [0, 0.1) is 5.92 Å². The van der Waals surface area contributed by atoms with Crippen LogP contribution in [0.15, 0.2) is 0 Å². The molecule has 3 heteroatoms. The first-order valence-electron chi connectivity index (χ1n) is 4.68. The summed E-state index contributed by atoms with van der Waals surface area (Å²) in [4.78, 5) is 10.8. The molecule has 1 saturated heterocycles. The maximum Gasteiger partial charge on any atom is 0.220 e. The molecule has 0 spiro atoms. The van der Waals surface area contributed by atoms with E-state index in [1.54, 1.807) is 0 Å². The number of nitrogens with one attached hydrogen (secondary N) is 1. The lowest BCUT2D eigenvalue weighted by Crippen LogP contribution is -2.22. The summed E-state index contributed by atoms with van der Waals surface area (Å²) in [6.45, 7) is 2.76. The highest BCUT2D eigenvalue weighted by atomic mass is 16.3. The van der Waals surface area contributed by atoms with Crippen molar-refractivity contribution in [1.82, 2.24) is 5.32 Å². The largest absolute Gasteiger partial charge is 0.393 e. The lowest BCUT2D eigenvalue weighted by atomic mass is 9.97. The Morgan fingerprint density at radius 1 is 1.75 bits per heavy atom. The molecule has 2 unspecified atom stereocenters. The minimum absolute atomic E-state index is 0.0792. The second kappa shape index (κ2) is 4.45. The van der Waals surface area contributed by atoms with E-state index in [0.717, 1.165) is 19.3 Å². The molecule has 1 rings (SSSR count). The van der Waals surface area contributed by atoms with Crippen LogP contribution in [0.2, 0.25) is 0 Å². The second-order valence-electron chi connectivity index (χ2n) is 3.48. The lowest BCUT2D eigenvalue weighted by molar-refractivity contribution is -0.119. The maximum atomic E-state index is 10.8. The van der Waals surface area contributed by atoms with E-state index in [0.29, 0.717) is 13.0 Å². The molecular weight excluding hydrogens is 154 g/mol. The van der Waals surface area contributed by atoms with Crippen LogP contribution in [0.4, 0.5) is 0 Å². The third-order valence-electron chi connectivity index (χ3n) is 2.41. The standard InChI is InChI=1S/C9H17NO2/c1-2-3-4-8(11)7-5-9(12)10-6-7/h7-8,11H,2-6H2,1H3,(H,10,12). The van der Waals surface area contributed by atoms with Gasteiger partial charge in [-0.15, -0.1) is 0 Å². The van der Waals surface area contributed by atoms with Gasteiger partial charge in [0.15, 0.2) is 0 Å². The number of aliphatic hydroxyl groups is 1. The van der Waals surface area contributed by atoms with E-state index in [1.165, 1.54) is 0 Å². The lowest BCUT2D eigenvalue weighted by Gasteiger charge is -2.14. The molecule has 1 heterocycles. The molecule has 12 heavy (non-hydrogen) atoms. The fourth-order valence-corrected chi connectivity index (χ4v) is 1.55. The zero-order chi connectivity index (χ0) is 8.97. The Kier molecular flexibility index (Phi) is 3.53. The minimum atomic E-state index is -0.288. The normalized spacial score (nSPS) is 25.5. The van der Waals surface area contributed by atoms with Crippen LogP contribution in [0.5, 0.6) is 0 Å². The Labute approximate surface area is 73.2 Å². The van der Waals surface area contributed by atoms with Crippen molar-refractivity contribution in [1.29, 1.82) is 0 Å². The van der Waals surface area contributed by atoms with Gasteiger partial charge in [-0.25, -0.2) is 0 Å². The van der Waals surface area contributed by atoms with Gasteiger partial charge in [-0.1, -0.05) is 19.8 Å². The Bertz CT molecular complexity index is 159. The summed E-state index contributed by atoms with van der Waals surface area (Å²) < 4.78 is 0. The molecule has 3 nitrogen and oxygen atoms in total. The molecule has 0 aromatic carbocycles. The topological polar surface area (TPSA) is 49.3 Å². The number of hydrogen-bond donors (Lipinski definition) is 2. The summed E-state index contributed by atoms with van der Waals surface area (Å²) in [5.74, 6) is 0.236. The molecular formula is C9H17NO2. The molecule has 1 aliphatic heterocycles. The molecule has 2 atom stereocenters. The number of rotatable bonds is 4. The van der Waals surface area contributed by atoms with E-state index < -0.39 is 0 Å². The second-order valence-corrected chi connectivity index (χ2v) is 3.48. The maximum absolute atomic E-state index is 10.8. The molecule has 70 valence electrons. The Morgan fingerprint density at radius 2 is 2.50 bits per heavy atom. The average molecular weight is 171 g/mol. The van der Waals surface area contributed by atoms with Crippen molar-refractivity contribution in [2.45, 2.75) is 38.7 Å². The van der Waals surface area contributed by atoms with Crippen LogP contribution in [0.1, 0.15) is 32.6 Å². The van der Waals surface area contributed by atoms with Crippen molar-refractivity contribution in [2.24, 2.45) is 5.92 Å². The predicted molar refractivity (Wildman–Crippen MR) is 46.6 cm³/mol. The van der Waals surface area contributed by atoms with Crippen molar-refractivity contribution >= 4 is 5.91 Å². The van der Waals surface area contributed by atoms with Gasteiger partial charge in [0, 0.05) is 18.9 Å². The van der Waals surface area contributed by atoms with Gasteiger partial charge < -0.3 is 10.4 Å². The monoisotopic (exact) mass is 171 g/mol. The van der Waals surface area contributed by atoms with E-state index in [1.807, 2.05) is 0 Å². The molecule has 1 aliphatic rings. The van der Waals surface area contributed by atoms with E-state index >= 15 is 0 Å². The fraction of sp³-hybridized carbons (Fsp3) is 0.889. The number of carbonyl (C=O) groups is 1. The molecule has 0 radical (unpaired) electrons. The number of aliphatic hydroxyl groups excluding tert-OH is 1. The third-order valence-corrected chi connectivity index (χ3v) is 2.41. The minimum Gasteiger partial charge on any atom is -0.393 e. The van der Waals surface area contributed by atoms with Gasteiger partial charge in [-0.3, -0.25) is 4.79 Å². The SMILES string of the molecule is CCCCC(O)C1CNC(=O)C1. The molecule has 0 bridgehead atoms. The zero-order valence-corrected chi connectivity index (χ0v) is 7.55. The van der Waals surface area contributed by atoms with Gasteiger partial charge in [0.1, 0.15) is 0 Å². The Balaban J connectivity index is 2.23. The van der Waals surface area contributed by atoms with Crippen LogP contribution < -0.4 is 5.32 Å². The number of unbranched alkanes of at least 4 members (excludes halogenated alkanes) is 1. The predicted octanol–water partition coefficient (Wildman–Crippen LogP) is 0.674. The first-order valence-corrected chi connectivity index (χ1v) is 4.68. The van der Waals surface area contributed by atoms with E-state index in [2.05, 4.69) is 12.2 Å². The summed E-state index contributed by atoms with van der Waals surface area (Å²) in [6.07, 6.45) is 3.20. The molecule has 2 N–H and O–H groups in total. The smallest absolute Gasteiger partial charge is 0.220 e. The number of carbonyl (C=O) groups excluding carboxylic acids is 1. The zero-order valence-electron chi connectivity index (χ0n) is 7.55. The first kappa shape index (κ1) is 9.52. The van der Waals surface area contributed by atoms with Crippen LogP contribution in [0.3, 0.4) is 0 Å². The molecule has 0 aromatic rings. The first-order chi connectivity index (χ1) is 5.74. The van der Waals surface area contributed by atoms with Crippen molar-refractivity contribution in [2.75, 3.05) is 6.54 Å². The summed E-state index contributed by atoms with van der Waals surface area (Å²) in [6, 6.07) is 0. The summed E-state index contributed by atoms with van der Waals surface area (Å²) in [5.41, 5.74) is 0. The van der Waals surface area contributed by atoms with Crippen LogP contribution in [-0.2, 0) is 4.79 Å². The average Bonchev–Trinajstić information content (AvgIpc) is 2.47. The van der Waals surface area contributed by atoms with Crippen molar-refractivity contribution in [3.63, 3.8) is 0 Å². The fourth-order valence-electron chi connectivity index (χ4n) is 1.55. The summed E-state index contributed by atoms with van der Waals surface area (Å²) in [5, 5.41) is 12.3. The third kappa shape index (κ3) is 2.48. The van der Waals surface area contributed by atoms with Crippen LogP contribution in [0.25, 0.3) is 0 Å². The molecule has 1 amide bonds. The quantitative estimate of drug-likeness (QED) is 0.653. The van der Waals surface area contributed by atoms with Gasteiger partial charge in [0.2, 0.25) is 5.91 Å².